The molecule has 0 spiro atoms. The fourth-order valence-corrected chi connectivity index (χ4v) is 2.40. The lowest BCUT2D eigenvalue weighted by atomic mass is 10.2. The van der Waals surface area contributed by atoms with Crippen LogP contribution in [0.2, 0.25) is 0 Å². The molecule has 26 heavy (non-hydrogen) atoms. The van der Waals surface area contributed by atoms with Gasteiger partial charge in [0.1, 0.15) is 0 Å². The molecule has 3 amide bonds. The van der Waals surface area contributed by atoms with E-state index in [1.807, 2.05) is 52.0 Å². The molecule has 0 saturated carbocycles. The summed E-state index contributed by atoms with van der Waals surface area (Å²) in [6.45, 7) is 8.74. The fraction of sp³-hybridized carbons (Fsp3) is 0.526. The van der Waals surface area contributed by atoms with Crippen LogP contribution in [-0.2, 0) is 14.4 Å². The quantitative estimate of drug-likeness (QED) is 0.569. The molecule has 1 unspecified atom stereocenters. The Hall–Kier alpha value is -2.41. The van der Waals surface area contributed by atoms with Crippen LogP contribution in [0, 0.1) is 6.92 Å². The van der Waals surface area contributed by atoms with Gasteiger partial charge < -0.3 is 20.4 Å². The summed E-state index contributed by atoms with van der Waals surface area (Å²) in [6, 6.07) is 7.55. The predicted octanol–water partition coefficient (Wildman–Crippen LogP) is -0.179. The van der Waals surface area contributed by atoms with Crippen molar-refractivity contribution in [3.8, 4) is 0 Å². The van der Waals surface area contributed by atoms with E-state index in [1.165, 1.54) is 4.90 Å². The van der Waals surface area contributed by atoms with E-state index < -0.39 is 0 Å². The van der Waals surface area contributed by atoms with Crippen LogP contribution in [0.25, 0.3) is 0 Å². The Kier molecular flexibility index (Phi) is 8.78. The SMILES string of the molecule is CC[NH+](CC(=O)NC(C)C)CC(=O)N(C)CC(=O)Nc1ccc(C)cc1. The Morgan fingerprint density at radius 1 is 1.08 bits per heavy atom. The van der Waals surface area contributed by atoms with E-state index in [-0.39, 0.29) is 43.4 Å². The molecule has 0 fully saturated rings. The average Bonchev–Trinajstić information content (AvgIpc) is 2.55. The number of likely N-dealkylation sites (N-methyl/N-ethyl adjacent to an activating group) is 2. The van der Waals surface area contributed by atoms with Gasteiger partial charge in [-0.25, -0.2) is 0 Å². The Balaban J connectivity index is 2.48. The number of quaternary nitrogens is 1. The van der Waals surface area contributed by atoms with E-state index in [4.69, 9.17) is 0 Å². The van der Waals surface area contributed by atoms with Crippen LogP contribution in [0.15, 0.2) is 24.3 Å². The number of hydrogen-bond acceptors (Lipinski definition) is 3. The van der Waals surface area contributed by atoms with Crippen molar-refractivity contribution in [1.29, 1.82) is 0 Å². The minimum atomic E-state index is -0.250. The van der Waals surface area contributed by atoms with Crippen molar-refractivity contribution in [3.63, 3.8) is 0 Å². The Morgan fingerprint density at radius 2 is 1.69 bits per heavy atom. The van der Waals surface area contributed by atoms with Crippen molar-refractivity contribution in [2.45, 2.75) is 33.7 Å². The van der Waals surface area contributed by atoms with Gasteiger partial charge in [-0.2, -0.15) is 0 Å². The van der Waals surface area contributed by atoms with Gasteiger partial charge in [-0.3, -0.25) is 14.4 Å². The van der Waals surface area contributed by atoms with Crippen molar-refractivity contribution < 1.29 is 19.3 Å². The summed E-state index contributed by atoms with van der Waals surface area (Å²) in [5.41, 5.74) is 1.81. The van der Waals surface area contributed by atoms with Gasteiger partial charge in [-0.1, -0.05) is 17.7 Å². The monoisotopic (exact) mass is 363 g/mol. The molecule has 1 aromatic rings. The van der Waals surface area contributed by atoms with E-state index in [9.17, 15) is 14.4 Å². The summed E-state index contributed by atoms with van der Waals surface area (Å²) >= 11 is 0. The first-order valence-corrected chi connectivity index (χ1v) is 8.94. The van der Waals surface area contributed by atoms with Gasteiger partial charge in [-0.15, -0.1) is 0 Å². The molecule has 1 atom stereocenters. The minimum absolute atomic E-state index is 0.0259. The van der Waals surface area contributed by atoms with Crippen LogP contribution in [0.1, 0.15) is 26.3 Å². The predicted molar refractivity (Wildman–Crippen MR) is 102 cm³/mol. The third kappa shape index (κ3) is 8.11. The molecular formula is C19H31N4O3+. The summed E-state index contributed by atoms with van der Waals surface area (Å²) in [5, 5.41) is 5.60. The second-order valence-electron chi connectivity index (χ2n) is 6.84. The zero-order chi connectivity index (χ0) is 19.7. The summed E-state index contributed by atoms with van der Waals surface area (Å²) in [7, 11) is 1.60. The topological polar surface area (TPSA) is 83.0 Å². The largest absolute Gasteiger partial charge is 0.349 e. The molecule has 0 aliphatic heterocycles. The standard InChI is InChI=1S/C19H30N4O3/c1-6-23(12-18(25)20-14(2)3)13-19(26)22(5)11-17(24)21-16-9-7-15(4)8-10-16/h7-10,14H,6,11-13H2,1-5H3,(H,20,25)(H,21,24)/p+1. The van der Waals surface area contributed by atoms with Gasteiger partial charge in [0.15, 0.2) is 13.1 Å². The number of aryl methyl sites for hydroxylation is 1. The number of carbonyl (C=O) groups excluding carboxylic acids is 3. The number of anilines is 1. The van der Waals surface area contributed by atoms with E-state index >= 15 is 0 Å². The van der Waals surface area contributed by atoms with E-state index in [0.717, 1.165) is 10.5 Å². The second-order valence-corrected chi connectivity index (χ2v) is 6.84. The van der Waals surface area contributed by atoms with Crippen molar-refractivity contribution in [2.75, 3.05) is 38.5 Å². The van der Waals surface area contributed by atoms with E-state index in [2.05, 4.69) is 10.6 Å². The second kappa shape index (κ2) is 10.6. The van der Waals surface area contributed by atoms with Crippen LogP contribution < -0.4 is 15.5 Å². The lowest BCUT2D eigenvalue weighted by Crippen LogP contribution is -3.14. The molecule has 1 aromatic carbocycles. The summed E-state index contributed by atoms with van der Waals surface area (Å²) in [5.74, 6) is -0.497. The minimum Gasteiger partial charge on any atom is -0.349 e. The van der Waals surface area contributed by atoms with Gasteiger partial charge in [0.05, 0.1) is 13.1 Å². The number of benzene rings is 1. The molecule has 0 heterocycles. The highest BCUT2D eigenvalue weighted by atomic mass is 16.2. The van der Waals surface area contributed by atoms with Crippen LogP contribution in [-0.4, -0.2) is 61.9 Å². The summed E-state index contributed by atoms with van der Waals surface area (Å²) in [6.07, 6.45) is 0. The van der Waals surface area contributed by atoms with Gasteiger partial charge in [0, 0.05) is 18.8 Å². The number of nitrogens with zero attached hydrogens (tertiary/aromatic N) is 1. The maximum atomic E-state index is 12.3. The smallest absolute Gasteiger partial charge is 0.277 e. The van der Waals surface area contributed by atoms with Crippen LogP contribution in [0.5, 0.6) is 0 Å². The zero-order valence-electron chi connectivity index (χ0n) is 16.4. The highest BCUT2D eigenvalue weighted by molar-refractivity contribution is 5.94. The molecule has 3 N–H and O–H groups in total. The maximum Gasteiger partial charge on any atom is 0.277 e. The summed E-state index contributed by atoms with van der Waals surface area (Å²) < 4.78 is 0. The normalized spacial score (nSPS) is 11.8. The average molecular weight is 363 g/mol. The molecule has 7 nitrogen and oxygen atoms in total. The van der Waals surface area contributed by atoms with Crippen molar-refractivity contribution in [2.24, 2.45) is 0 Å². The van der Waals surface area contributed by atoms with Crippen molar-refractivity contribution >= 4 is 23.4 Å². The van der Waals surface area contributed by atoms with Gasteiger partial charge in [-0.05, 0) is 39.8 Å². The Bertz CT molecular complexity index is 614. The first kappa shape index (κ1) is 21.6. The van der Waals surface area contributed by atoms with Crippen molar-refractivity contribution in [1.82, 2.24) is 10.2 Å². The van der Waals surface area contributed by atoms with E-state index in [1.54, 1.807) is 7.05 Å². The molecule has 0 saturated heterocycles. The van der Waals surface area contributed by atoms with E-state index in [0.29, 0.717) is 12.2 Å². The number of rotatable bonds is 9. The molecule has 1 rings (SSSR count). The molecular weight excluding hydrogens is 332 g/mol. The highest BCUT2D eigenvalue weighted by Crippen LogP contribution is 2.08. The molecule has 0 radical (unpaired) electrons. The molecule has 0 aliphatic carbocycles. The number of amides is 3. The van der Waals surface area contributed by atoms with Crippen molar-refractivity contribution in [3.05, 3.63) is 29.8 Å². The maximum absolute atomic E-state index is 12.3. The van der Waals surface area contributed by atoms with Crippen LogP contribution >= 0.6 is 0 Å². The number of carbonyl (C=O) groups is 3. The molecule has 0 bridgehead atoms. The van der Waals surface area contributed by atoms with Crippen LogP contribution in [0.3, 0.4) is 0 Å². The van der Waals surface area contributed by atoms with Crippen LogP contribution in [0.4, 0.5) is 5.69 Å². The molecule has 7 heteroatoms. The lowest BCUT2D eigenvalue weighted by molar-refractivity contribution is -0.882. The van der Waals surface area contributed by atoms with Gasteiger partial charge >= 0.3 is 0 Å². The Labute approximate surface area is 155 Å². The van der Waals surface area contributed by atoms with Gasteiger partial charge in [0.25, 0.3) is 11.8 Å². The Morgan fingerprint density at radius 3 is 2.23 bits per heavy atom. The summed E-state index contributed by atoms with van der Waals surface area (Å²) in [4.78, 5) is 38.5. The third-order valence-electron chi connectivity index (χ3n) is 3.90. The molecule has 144 valence electrons. The number of hydrogen-bond donors (Lipinski definition) is 3. The third-order valence-corrected chi connectivity index (χ3v) is 3.90. The lowest BCUT2D eigenvalue weighted by Gasteiger charge is -2.21. The molecule has 0 aromatic heterocycles. The zero-order valence-corrected chi connectivity index (χ0v) is 16.4. The first-order chi connectivity index (χ1) is 12.2. The highest BCUT2D eigenvalue weighted by Gasteiger charge is 2.21. The number of nitrogens with one attached hydrogen (secondary N) is 3. The fourth-order valence-electron chi connectivity index (χ4n) is 2.40. The first-order valence-electron chi connectivity index (χ1n) is 8.94. The molecule has 0 aliphatic rings. The van der Waals surface area contributed by atoms with Gasteiger partial charge in [0.2, 0.25) is 5.91 Å².